The van der Waals surface area contributed by atoms with Gasteiger partial charge in [-0.2, -0.15) is 0 Å². The molecule has 0 fully saturated rings. The van der Waals surface area contributed by atoms with Gasteiger partial charge < -0.3 is 19.5 Å². The highest BCUT2D eigenvalue weighted by atomic mass is 16.6. The number of benzene rings is 2. The summed E-state index contributed by atoms with van der Waals surface area (Å²) in [5.41, 5.74) is 0.261. The second-order valence-corrected chi connectivity index (χ2v) is 6.69. The number of amides is 1. The van der Waals surface area contributed by atoms with Crippen LogP contribution in [0.4, 0.5) is 5.69 Å². The van der Waals surface area contributed by atoms with Crippen molar-refractivity contribution >= 4 is 17.2 Å². The predicted molar refractivity (Wildman–Crippen MR) is 110 cm³/mol. The maximum absolute atomic E-state index is 12.7. The van der Waals surface area contributed by atoms with Crippen molar-refractivity contribution in [3.63, 3.8) is 0 Å². The van der Waals surface area contributed by atoms with Gasteiger partial charge in [-0.3, -0.25) is 4.79 Å². The van der Waals surface area contributed by atoms with Crippen LogP contribution >= 0.6 is 0 Å². The third kappa shape index (κ3) is 3.78. The summed E-state index contributed by atoms with van der Waals surface area (Å²) in [6, 6.07) is 14.1. The number of para-hydroxylation sites is 1. The van der Waals surface area contributed by atoms with E-state index in [4.69, 9.17) is 14.2 Å². The van der Waals surface area contributed by atoms with E-state index >= 15 is 0 Å². The molecule has 31 heavy (non-hydrogen) atoms. The molecule has 0 aliphatic carbocycles. The van der Waals surface area contributed by atoms with Gasteiger partial charge in [0.05, 0.1) is 0 Å². The predicted octanol–water partition coefficient (Wildman–Crippen LogP) is 2.09. The Labute approximate surface area is 175 Å². The monoisotopic (exact) mass is 419 g/mol. The molecule has 0 saturated carbocycles. The summed E-state index contributed by atoms with van der Waals surface area (Å²) >= 11 is 0. The average molecular weight is 419 g/mol. The molecular weight excluding hydrogens is 402 g/mol. The van der Waals surface area contributed by atoms with E-state index in [9.17, 15) is 9.59 Å². The van der Waals surface area contributed by atoms with Gasteiger partial charge in [-0.1, -0.05) is 18.2 Å². The minimum absolute atomic E-state index is 0.164. The van der Waals surface area contributed by atoms with E-state index < -0.39 is 11.6 Å². The van der Waals surface area contributed by atoms with E-state index in [1.807, 2.05) is 18.2 Å². The van der Waals surface area contributed by atoms with Crippen LogP contribution in [-0.4, -0.2) is 38.3 Å². The number of aromatic nitrogens is 4. The van der Waals surface area contributed by atoms with E-state index in [1.54, 1.807) is 30.3 Å². The first-order chi connectivity index (χ1) is 15.2. The molecule has 0 saturated heterocycles. The Bertz CT molecular complexity index is 1310. The van der Waals surface area contributed by atoms with Gasteiger partial charge in [-0.05, 0) is 24.3 Å². The number of anilines is 1. The fourth-order valence-corrected chi connectivity index (χ4v) is 3.16. The molecule has 0 atom stereocenters. The Hall–Kier alpha value is -4.34. The van der Waals surface area contributed by atoms with Gasteiger partial charge >= 0.3 is 5.69 Å². The lowest BCUT2D eigenvalue weighted by atomic mass is 10.2. The van der Waals surface area contributed by atoms with Crippen LogP contribution in [0, 0.1) is 0 Å². The number of carbonyl (C=O) groups excluding carboxylic acids is 1. The fraction of sp³-hybridized carbons (Fsp3) is 0.143. The summed E-state index contributed by atoms with van der Waals surface area (Å²) < 4.78 is 19.1. The normalized spacial score (nSPS) is 12.5. The van der Waals surface area contributed by atoms with Gasteiger partial charge in [-0.15, -0.1) is 5.10 Å². The lowest BCUT2D eigenvalue weighted by Gasteiger charge is -2.18. The van der Waals surface area contributed by atoms with Gasteiger partial charge in [0.1, 0.15) is 25.5 Å². The molecule has 4 aromatic rings. The average Bonchev–Trinajstić information content (AvgIpc) is 3.11. The van der Waals surface area contributed by atoms with E-state index in [0.717, 1.165) is 4.68 Å². The van der Waals surface area contributed by atoms with Crippen molar-refractivity contribution in [2.75, 3.05) is 18.5 Å². The summed E-state index contributed by atoms with van der Waals surface area (Å²) in [6.07, 6.45) is 2.91. The van der Waals surface area contributed by atoms with Crippen LogP contribution in [0.3, 0.4) is 0 Å². The number of ether oxygens (including phenoxy) is 3. The van der Waals surface area contributed by atoms with Gasteiger partial charge in [0.25, 0.3) is 5.88 Å². The van der Waals surface area contributed by atoms with Crippen molar-refractivity contribution in [3.8, 4) is 23.1 Å². The molecule has 5 rings (SSSR count). The summed E-state index contributed by atoms with van der Waals surface area (Å²) in [4.78, 5) is 29.4. The largest absolute Gasteiger partial charge is 0.486 e. The van der Waals surface area contributed by atoms with Crippen LogP contribution < -0.4 is 25.2 Å². The standard InChI is InChI=1S/C21H17N5O5/c27-18(23-14-6-7-16-17(12-14)30-11-10-29-16)13-26-21(28)25-9-8-22-20(19(25)24-26)31-15-4-2-1-3-5-15/h1-9,12H,10-11,13H2,(H,23,27). The van der Waals surface area contributed by atoms with Crippen LogP contribution in [0.5, 0.6) is 23.1 Å². The number of fused-ring (bicyclic) bond motifs is 2. The second-order valence-electron chi connectivity index (χ2n) is 6.69. The molecule has 156 valence electrons. The number of hydrogen-bond donors (Lipinski definition) is 1. The van der Waals surface area contributed by atoms with Gasteiger partial charge in [0, 0.05) is 24.1 Å². The van der Waals surface area contributed by atoms with Crippen molar-refractivity contribution < 1.29 is 19.0 Å². The summed E-state index contributed by atoms with van der Waals surface area (Å²) in [5.74, 6) is 1.49. The molecule has 3 heterocycles. The highest BCUT2D eigenvalue weighted by Crippen LogP contribution is 2.32. The molecule has 1 aliphatic rings. The van der Waals surface area contributed by atoms with Crippen molar-refractivity contribution in [2.45, 2.75) is 6.54 Å². The van der Waals surface area contributed by atoms with Gasteiger partial charge in [0.2, 0.25) is 11.6 Å². The molecule has 1 aliphatic heterocycles. The van der Waals surface area contributed by atoms with E-state index in [1.165, 1.54) is 16.8 Å². The van der Waals surface area contributed by atoms with E-state index in [0.29, 0.717) is 36.1 Å². The smallest absolute Gasteiger partial charge is 0.351 e. The topological polar surface area (TPSA) is 109 Å². The van der Waals surface area contributed by atoms with Crippen molar-refractivity contribution in [2.24, 2.45) is 0 Å². The summed E-state index contributed by atoms with van der Waals surface area (Å²) in [6.45, 7) is 0.655. The number of rotatable bonds is 5. The van der Waals surface area contributed by atoms with E-state index in [2.05, 4.69) is 15.4 Å². The Balaban J connectivity index is 1.36. The molecule has 0 unspecified atom stereocenters. The minimum Gasteiger partial charge on any atom is -0.486 e. The number of hydrogen-bond acceptors (Lipinski definition) is 7. The maximum atomic E-state index is 12.7. The minimum atomic E-state index is -0.479. The van der Waals surface area contributed by atoms with Gasteiger partial charge in [0.15, 0.2) is 11.5 Å². The second kappa shape index (κ2) is 7.82. The maximum Gasteiger partial charge on any atom is 0.351 e. The van der Waals surface area contributed by atoms with E-state index in [-0.39, 0.29) is 18.1 Å². The molecule has 10 heteroatoms. The molecule has 0 spiro atoms. The van der Waals surface area contributed by atoms with Gasteiger partial charge in [-0.25, -0.2) is 18.9 Å². The molecular formula is C21H17N5O5. The SMILES string of the molecule is O=C(Cn1nc2c(Oc3ccccc3)nccn2c1=O)Nc1ccc2c(c1)OCCO2. The lowest BCUT2D eigenvalue weighted by Crippen LogP contribution is -2.28. The molecule has 2 aromatic carbocycles. The zero-order chi connectivity index (χ0) is 21.2. The molecule has 10 nitrogen and oxygen atoms in total. The number of nitrogens with zero attached hydrogens (tertiary/aromatic N) is 4. The van der Waals surface area contributed by atoms with Crippen molar-refractivity contribution in [1.82, 2.24) is 19.2 Å². The number of carbonyl (C=O) groups is 1. The van der Waals surface area contributed by atoms with Crippen LogP contribution in [0.1, 0.15) is 0 Å². The molecule has 1 amide bonds. The lowest BCUT2D eigenvalue weighted by molar-refractivity contribution is -0.117. The van der Waals surface area contributed by atoms with Crippen LogP contribution in [-0.2, 0) is 11.3 Å². The third-order valence-electron chi connectivity index (χ3n) is 4.55. The highest BCUT2D eigenvalue weighted by molar-refractivity contribution is 5.90. The van der Waals surface area contributed by atoms with Crippen molar-refractivity contribution in [3.05, 3.63) is 71.4 Å². The quantitative estimate of drug-likeness (QED) is 0.528. The first-order valence-electron chi connectivity index (χ1n) is 9.54. The zero-order valence-corrected chi connectivity index (χ0v) is 16.2. The third-order valence-corrected chi connectivity index (χ3v) is 4.55. The van der Waals surface area contributed by atoms with Crippen LogP contribution in [0.15, 0.2) is 65.7 Å². The molecule has 0 radical (unpaired) electrons. The molecule has 2 aromatic heterocycles. The zero-order valence-electron chi connectivity index (χ0n) is 16.2. The van der Waals surface area contributed by atoms with Crippen LogP contribution in [0.2, 0.25) is 0 Å². The number of nitrogens with one attached hydrogen (secondary N) is 1. The highest BCUT2D eigenvalue weighted by Gasteiger charge is 2.17. The molecule has 1 N–H and O–H groups in total. The Morgan fingerprint density at radius 1 is 1.10 bits per heavy atom. The summed E-state index contributed by atoms with van der Waals surface area (Å²) in [5, 5.41) is 6.97. The summed E-state index contributed by atoms with van der Waals surface area (Å²) in [7, 11) is 0. The first kappa shape index (κ1) is 18.7. The fourth-order valence-electron chi connectivity index (χ4n) is 3.16. The molecule has 0 bridgehead atoms. The van der Waals surface area contributed by atoms with Crippen LogP contribution in [0.25, 0.3) is 5.65 Å². The van der Waals surface area contributed by atoms with Crippen molar-refractivity contribution in [1.29, 1.82) is 0 Å². The first-order valence-corrected chi connectivity index (χ1v) is 9.54. The Kier molecular flexibility index (Phi) is 4.71. The Morgan fingerprint density at radius 2 is 1.90 bits per heavy atom. The Morgan fingerprint density at radius 3 is 2.74 bits per heavy atom.